The van der Waals surface area contributed by atoms with Crippen LogP contribution in [0.5, 0.6) is 0 Å². The van der Waals surface area contributed by atoms with Gasteiger partial charge in [-0.3, -0.25) is 15.1 Å². The van der Waals surface area contributed by atoms with Gasteiger partial charge in [-0.1, -0.05) is 11.3 Å². The molecule has 5 heterocycles. The van der Waals surface area contributed by atoms with Crippen LogP contribution in [-0.2, 0) is 22.6 Å². The van der Waals surface area contributed by atoms with Gasteiger partial charge in [-0.15, -0.1) is 5.10 Å². The zero-order valence-corrected chi connectivity index (χ0v) is 16.7. The van der Waals surface area contributed by atoms with Gasteiger partial charge in [-0.2, -0.15) is 4.98 Å². The fraction of sp³-hybridized carbons (Fsp3) is 0.316. The molecular weight excluding hydrogens is 420 g/mol. The molecule has 13 nitrogen and oxygen atoms in total. The Kier molecular flexibility index (Phi) is 5.17. The Bertz CT molecular complexity index is 1260. The van der Waals surface area contributed by atoms with E-state index >= 15 is 0 Å². The Morgan fingerprint density at radius 3 is 2.91 bits per heavy atom. The van der Waals surface area contributed by atoms with Gasteiger partial charge in [0, 0.05) is 12.8 Å². The normalized spacial score (nSPS) is 16.1. The predicted molar refractivity (Wildman–Crippen MR) is 109 cm³/mol. The van der Waals surface area contributed by atoms with Gasteiger partial charge in [0.05, 0.1) is 37.6 Å². The van der Waals surface area contributed by atoms with E-state index in [4.69, 9.17) is 19.6 Å². The Hall–Kier alpha value is -3.97. The fourth-order valence-electron chi connectivity index (χ4n) is 3.35. The van der Waals surface area contributed by atoms with Gasteiger partial charge in [0.2, 0.25) is 5.95 Å². The number of fused-ring (bicyclic) bond motifs is 1. The standard InChI is InChI=1S/C19H18N8O5/c20-19-22-16(14-3-4-15(32-14)27(28)29)17-18(23-19)26(25-24-17)8-12-2-1-11(7-21-12)9-31-13-5-6-30-10-13/h1-4,7,13H,5-6,8-10H2,(H2,20,22,23). The molecule has 13 heteroatoms. The molecule has 32 heavy (non-hydrogen) atoms. The summed E-state index contributed by atoms with van der Waals surface area (Å²) < 4.78 is 17.9. The van der Waals surface area contributed by atoms with E-state index in [-0.39, 0.29) is 23.5 Å². The maximum atomic E-state index is 10.9. The van der Waals surface area contributed by atoms with Crippen LogP contribution in [0.15, 0.2) is 34.9 Å². The van der Waals surface area contributed by atoms with E-state index in [0.717, 1.165) is 24.3 Å². The Labute approximate surface area is 180 Å². The third kappa shape index (κ3) is 3.98. The molecule has 1 fully saturated rings. The summed E-state index contributed by atoms with van der Waals surface area (Å²) >= 11 is 0. The van der Waals surface area contributed by atoms with Gasteiger partial charge in [-0.05, 0) is 24.1 Å². The lowest BCUT2D eigenvalue weighted by Crippen LogP contribution is -2.12. The van der Waals surface area contributed by atoms with E-state index in [1.807, 2.05) is 12.1 Å². The first-order valence-electron chi connectivity index (χ1n) is 9.81. The van der Waals surface area contributed by atoms with Crippen LogP contribution in [-0.4, -0.2) is 54.2 Å². The third-order valence-electron chi connectivity index (χ3n) is 4.96. The van der Waals surface area contributed by atoms with Crippen molar-refractivity contribution in [1.29, 1.82) is 0 Å². The molecule has 0 spiro atoms. The Morgan fingerprint density at radius 2 is 2.19 bits per heavy atom. The number of furan rings is 1. The maximum Gasteiger partial charge on any atom is 0.433 e. The molecule has 1 aliphatic rings. The van der Waals surface area contributed by atoms with Crippen LogP contribution in [0.1, 0.15) is 17.7 Å². The van der Waals surface area contributed by atoms with Crippen molar-refractivity contribution in [2.45, 2.75) is 25.7 Å². The molecule has 0 saturated carbocycles. The summed E-state index contributed by atoms with van der Waals surface area (Å²) in [5.74, 6) is -0.295. The van der Waals surface area contributed by atoms with Gasteiger partial charge in [0.25, 0.3) is 0 Å². The van der Waals surface area contributed by atoms with Crippen LogP contribution < -0.4 is 5.73 Å². The van der Waals surface area contributed by atoms with Crippen LogP contribution >= 0.6 is 0 Å². The van der Waals surface area contributed by atoms with Crippen molar-refractivity contribution in [1.82, 2.24) is 29.9 Å². The zero-order chi connectivity index (χ0) is 22.1. The van der Waals surface area contributed by atoms with E-state index in [0.29, 0.717) is 30.9 Å². The highest BCUT2D eigenvalue weighted by Crippen LogP contribution is 2.29. The van der Waals surface area contributed by atoms with E-state index in [2.05, 4.69) is 25.3 Å². The minimum atomic E-state index is -0.635. The molecule has 4 aromatic heterocycles. The second kappa shape index (κ2) is 8.28. The fourth-order valence-corrected chi connectivity index (χ4v) is 3.35. The zero-order valence-electron chi connectivity index (χ0n) is 16.7. The van der Waals surface area contributed by atoms with Crippen molar-refractivity contribution in [2.75, 3.05) is 18.9 Å². The first kappa shape index (κ1) is 20.0. The van der Waals surface area contributed by atoms with Crippen LogP contribution in [0, 0.1) is 10.1 Å². The summed E-state index contributed by atoms with van der Waals surface area (Å²) in [6.07, 6.45) is 2.79. The van der Waals surface area contributed by atoms with Crippen LogP contribution in [0.3, 0.4) is 0 Å². The molecule has 0 aromatic carbocycles. The minimum absolute atomic E-state index is 0.0357. The van der Waals surface area contributed by atoms with Crippen molar-refractivity contribution in [3.05, 3.63) is 51.8 Å². The van der Waals surface area contributed by atoms with Gasteiger partial charge >= 0.3 is 5.88 Å². The largest absolute Gasteiger partial charge is 0.433 e. The Balaban J connectivity index is 1.36. The average molecular weight is 438 g/mol. The SMILES string of the molecule is Nc1nc(-c2ccc([N+](=O)[O-])o2)c2nnn(Cc3ccc(COC4CCOC4)cn3)c2n1. The molecule has 2 N–H and O–H groups in total. The van der Waals surface area contributed by atoms with Gasteiger partial charge in [0.15, 0.2) is 16.9 Å². The summed E-state index contributed by atoms with van der Waals surface area (Å²) in [6.45, 7) is 2.13. The lowest BCUT2D eigenvalue weighted by Gasteiger charge is -2.10. The van der Waals surface area contributed by atoms with E-state index < -0.39 is 10.8 Å². The molecule has 5 rings (SSSR count). The lowest BCUT2D eigenvalue weighted by molar-refractivity contribution is -0.401. The minimum Gasteiger partial charge on any atom is -0.399 e. The number of rotatable bonds is 7. The molecule has 1 aliphatic heterocycles. The van der Waals surface area contributed by atoms with E-state index in [1.54, 1.807) is 6.20 Å². The van der Waals surface area contributed by atoms with Crippen LogP contribution in [0.25, 0.3) is 22.6 Å². The molecule has 1 atom stereocenters. The second-order valence-electron chi connectivity index (χ2n) is 7.20. The van der Waals surface area contributed by atoms with Gasteiger partial charge < -0.3 is 19.6 Å². The predicted octanol–water partition coefficient (Wildman–Crippen LogP) is 1.72. The lowest BCUT2D eigenvalue weighted by atomic mass is 10.2. The second-order valence-corrected chi connectivity index (χ2v) is 7.20. The number of nitrogens with two attached hydrogens (primary N) is 1. The van der Waals surface area contributed by atoms with Crippen molar-refractivity contribution in [2.24, 2.45) is 0 Å². The number of ether oxygens (including phenoxy) is 2. The number of aromatic nitrogens is 6. The molecule has 0 bridgehead atoms. The molecule has 1 unspecified atom stereocenters. The highest BCUT2D eigenvalue weighted by molar-refractivity contribution is 5.86. The number of nitrogens with zero attached hydrogens (tertiary/aromatic N) is 7. The van der Waals surface area contributed by atoms with Crippen molar-refractivity contribution < 1.29 is 18.8 Å². The smallest absolute Gasteiger partial charge is 0.399 e. The summed E-state index contributed by atoms with van der Waals surface area (Å²) in [6, 6.07) is 6.48. The Morgan fingerprint density at radius 1 is 1.28 bits per heavy atom. The highest BCUT2D eigenvalue weighted by Gasteiger charge is 2.21. The topological polar surface area (TPSA) is 170 Å². The molecule has 0 radical (unpaired) electrons. The number of nitro groups is 1. The molecular formula is C19H18N8O5. The highest BCUT2D eigenvalue weighted by atomic mass is 16.6. The van der Waals surface area contributed by atoms with Crippen molar-refractivity contribution in [3.8, 4) is 11.5 Å². The molecule has 164 valence electrons. The summed E-state index contributed by atoms with van der Waals surface area (Å²) in [7, 11) is 0. The van der Waals surface area contributed by atoms with Crippen LogP contribution in [0.4, 0.5) is 11.8 Å². The average Bonchev–Trinajstić information content (AvgIpc) is 3.54. The van der Waals surface area contributed by atoms with Crippen molar-refractivity contribution in [3.63, 3.8) is 0 Å². The summed E-state index contributed by atoms with van der Waals surface area (Å²) in [4.78, 5) is 23.1. The quantitative estimate of drug-likeness (QED) is 0.329. The number of nitrogen functional groups attached to an aromatic ring is 1. The first-order chi connectivity index (χ1) is 15.6. The van der Waals surface area contributed by atoms with E-state index in [9.17, 15) is 10.1 Å². The molecule has 0 amide bonds. The number of hydrogen-bond donors (Lipinski definition) is 1. The third-order valence-corrected chi connectivity index (χ3v) is 4.96. The van der Waals surface area contributed by atoms with Gasteiger partial charge in [-0.25, -0.2) is 9.67 Å². The van der Waals surface area contributed by atoms with Crippen LogP contribution in [0.2, 0.25) is 0 Å². The summed E-state index contributed by atoms with van der Waals surface area (Å²) in [5.41, 5.74) is 8.44. The van der Waals surface area contributed by atoms with Gasteiger partial charge in [0.1, 0.15) is 10.6 Å². The number of hydrogen-bond acceptors (Lipinski definition) is 11. The molecule has 4 aromatic rings. The van der Waals surface area contributed by atoms with Crippen molar-refractivity contribution >= 4 is 23.0 Å². The first-order valence-corrected chi connectivity index (χ1v) is 9.81. The summed E-state index contributed by atoms with van der Waals surface area (Å²) in [5, 5.41) is 19.2. The molecule has 0 aliphatic carbocycles. The monoisotopic (exact) mass is 438 g/mol. The number of anilines is 1. The van der Waals surface area contributed by atoms with E-state index in [1.165, 1.54) is 16.8 Å². The number of pyridine rings is 1. The maximum absolute atomic E-state index is 10.9. The molecule has 1 saturated heterocycles.